The summed E-state index contributed by atoms with van der Waals surface area (Å²) in [5.41, 5.74) is -0.626. The third-order valence-corrected chi connectivity index (χ3v) is 2.73. The molecule has 11 heteroatoms. The normalized spacial score (nSPS) is 10.3. The molecule has 0 atom stereocenters. The van der Waals surface area contributed by atoms with Crippen LogP contribution in [0, 0.1) is 0 Å². The smallest absolute Gasteiger partial charge is 0.362 e. The van der Waals surface area contributed by atoms with E-state index in [0.717, 1.165) is 4.57 Å². The lowest BCUT2D eigenvalue weighted by molar-refractivity contribution is 0.355. The Morgan fingerprint density at radius 2 is 1.43 bits per heavy atom. The fourth-order valence-corrected chi connectivity index (χ4v) is 1.61. The van der Waals surface area contributed by atoms with Crippen LogP contribution in [-0.2, 0) is 0 Å². The van der Waals surface area contributed by atoms with E-state index in [9.17, 15) is 4.79 Å². The maximum Gasteiger partial charge on any atom is 0.362 e. The number of methoxy groups -OCH3 is 2. The van der Waals surface area contributed by atoms with Gasteiger partial charge in [-0.25, -0.2) is 4.79 Å². The zero-order chi connectivity index (χ0) is 17.1. The van der Waals surface area contributed by atoms with E-state index in [4.69, 9.17) is 9.47 Å². The molecule has 0 aliphatic heterocycles. The summed E-state index contributed by atoms with van der Waals surface area (Å²) in [5, 5.41) is 0. The molecule has 124 valence electrons. The Hall–Kier alpha value is -2.98. The Labute approximate surface area is 132 Å². The lowest BCUT2D eigenvalue weighted by Gasteiger charge is -2.15. The largest absolute Gasteiger partial charge is 0.467 e. The van der Waals surface area contributed by atoms with Crippen molar-refractivity contribution in [1.82, 2.24) is 29.5 Å². The van der Waals surface area contributed by atoms with E-state index in [0.29, 0.717) is 5.95 Å². The van der Waals surface area contributed by atoms with Crippen LogP contribution in [0.15, 0.2) is 4.79 Å². The van der Waals surface area contributed by atoms with Gasteiger partial charge < -0.3 is 19.3 Å². The molecule has 2 heterocycles. The molecule has 0 radical (unpaired) electrons. The highest BCUT2D eigenvalue weighted by Gasteiger charge is 2.18. The minimum absolute atomic E-state index is 0.00617. The van der Waals surface area contributed by atoms with E-state index in [1.54, 1.807) is 38.0 Å². The van der Waals surface area contributed by atoms with Crippen molar-refractivity contribution in [2.45, 2.75) is 0 Å². The number of ether oxygens (including phenoxy) is 2. The molecular weight excluding hydrogens is 304 g/mol. The molecule has 0 bridgehead atoms. The number of aromatic nitrogens is 6. The summed E-state index contributed by atoms with van der Waals surface area (Å²) in [4.78, 5) is 36.0. The molecule has 0 unspecified atom stereocenters. The number of rotatable bonds is 5. The van der Waals surface area contributed by atoms with Crippen LogP contribution in [-0.4, -0.2) is 71.9 Å². The standard InChI is InChI=1S/C12H18N8O3/c1-18(2)7-13-9(15-10(14-7)22-5)20-11(21)16-8(19(3)4)17-12(20)23-6/h1-6H3. The highest BCUT2D eigenvalue weighted by atomic mass is 16.5. The van der Waals surface area contributed by atoms with Crippen molar-refractivity contribution in [2.75, 3.05) is 52.2 Å². The Kier molecular flexibility index (Phi) is 4.57. The van der Waals surface area contributed by atoms with Crippen molar-refractivity contribution in [3.63, 3.8) is 0 Å². The Balaban J connectivity index is 2.71. The molecule has 0 spiro atoms. The molecule has 11 nitrogen and oxygen atoms in total. The van der Waals surface area contributed by atoms with E-state index in [2.05, 4.69) is 24.9 Å². The van der Waals surface area contributed by atoms with Gasteiger partial charge in [-0.05, 0) is 0 Å². The summed E-state index contributed by atoms with van der Waals surface area (Å²) in [6, 6.07) is 0.0657. The lowest BCUT2D eigenvalue weighted by atomic mass is 10.7. The van der Waals surface area contributed by atoms with Gasteiger partial charge in [0.05, 0.1) is 14.2 Å². The van der Waals surface area contributed by atoms with E-state index >= 15 is 0 Å². The first kappa shape index (κ1) is 16.4. The van der Waals surface area contributed by atoms with Crippen LogP contribution < -0.4 is 25.0 Å². The van der Waals surface area contributed by atoms with Gasteiger partial charge in [0, 0.05) is 28.2 Å². The second-order valence-electron chi connectivity index (χ2n) is 4.84. The topological polar surface area (TPSA) is 111 Å². The first-order valence-corrected chi connectivity index (χ1v) is 6.57. The summed E-state index contributed by atoms with van der Waals surface area (Å²) in [6.45, 7) is 0. The molecule has 0 aromatic carbocycles. The summed E-state index contributed by atoms with van der Waals surface area (Å²) >= 11 is 0. The van der Waals surface area contributed by atoms with Crippen LogP contribution in [0.4, 0.5) is 11.9 Å². The fourth-order valence-electron chi connectivity index (χ4n) is 1.61. The van der Waals surface area contributed by atoms with Crippen LogP contribution in [0.1, 0.15) is 0 Å². The second kappa shape index (κ2) is 6.42. The predicted molar refractivity (Wildman–Crippen MR) is 82.8 cm³/mol. The number of anilines is 2. The monoisotopic (exact) mass is 322 g/mol. The predicted octanol–water partition coefficient (Wildman–Crippen LogP) is -1.04. The molecule has 0 saturated heterocycles. The van der Waals surface area contributed by atoms with Gasteiger partial charge in [-0.3, -0.25) is 0 Å². The van der Waals surface area contributed by atoms with Crippen molar-refractivity contribution in [2.24, 2.45) is 0 Å². The van der Waals surface area contributed by atoms with Crippen molar-refractivity contribution in [3.8, 4) is 18.0 Å². The lowest BCUT2D eigenvalue weighted by Crippen LogP contribution is -2.29. The Morgan fingerprint density at radius 3 is 1.96 bits per heavy atom. The average Bonchev–Trinajstić information content (AvgIpc) is 2.53. The number of nitrogens with zero attached hydrogens (tertiary/aromatic N) is 8. The van der Waals surface area contributed by atoms with Gasteiger partial charge in [0.25, 0.3) is 0 Å². The van der Waals surface area contributed by atoms with Crippen LogP contribution in [0.5, 0.6) is 12.0 Å². The van der Waals surface area contributed by atoms with E-state index in [-0.39, 0.29) is 23.9 Å². The SMILES string of the molecule is COc1nc(N(C)C)nc(-n2c(OC)nc(N(C)C)nc2=O)n1. The minimum Gasteiger partial charge on any atom is -0.467 e. The molecule has 0 N–H and O–H groups in total. The Morgan fingerprint density at radius 1 is 0.826 bits per heavy atom. The van der Waals surface area contributed by atoms with Crippen molar-refractivity contribution in [1.29, 1.82) is 0 Å². The molecule has 0 aliphatic carbocycles. The van der Waals surface area contributed by atoms with Crippen molar-refractivity contribution >= 4 is 11.9 Å². The number of hydrogen-bond donors (Lipinski definition) is 0. The summed E-state index contributed by atoms with van der Waals surface area (Å²) in [5.74, 6) is 0.544. The first-order valence-electron chi connectivity index (χ1n) is 6.57. The quantitative estimate of drug-likeness (QED) is 0.676. The van der Waals surface area contributed by atoms with E-state index in [1.807, 2.05) is 0 Å². The van der Waals surface area contributed by atoms with Crippen molar-refractivity contribution < 1.29 is 9.47 Å². The van der Waals surface area contributed by atoms with Gasteiger partial charge in [-0.1, -0.05) is 0 Å². The van der Waals surface area contributed by atoms with Gasteiger partial charge in [0.15, 0.2) is 0 Å². The van der Waals surface area contributed by atoms with Gasteiger partial charge >= 0.3 is 17.7 Å². The van der Waals surface area contributed by atoms with E-state index < -0.39 is 5.69 Å². The summed E-state index contributed by atoms with van der Waals surface area (Å²) in [7, 11) is 9.75. The fraction of sp³-hybridized carbons (Fsp3) is 0.500. The third kappa shape index (κ3) is 3.27. The molecule has 0 fully saturated rings. The maximum absolute atomic E-state index is 12.4. The molecule has 23 heavy (non-hydrogen) atoms. The molecule has 0 aliphatic rings. The summed E-state index contributed by atoms with van der Waals surface area (Å²) in [6.07, 6.45) is 0. The van der Waals surface area contributed by atoms with Crippen molar-refractivity contribution in [3.05, 3.63) is 10.5 Å². The molecule has 2 aromatic rings. The first-order chi connectivity index (χ1) is 10.9. The molecule has 2 aromatic heterocycles. The van der Waals surface area contributed by atoms with Crippen LogP contribution in [0.3, 0.4) is 0 Å². The maximum atomic E-state index is 12.4. The zero-order valence-electron chi connectivity index (χ0n) is 13.8. The van der Waals surface area contributed by atoms with E-state index in [1.165, 1.54) is 14.2 Å². The average molecular weight is 322 g/mol. The second-order valence-corrected chi connectivity index (χ2v) is 4.84. The van der Waals surface area contributed by atoms with Gasteiger partial charge in [0.1, 0.15) is 0 Å². The van der Waals surface area contributed by atoms with Crippen LogP contribution in [0.2, 0.25) is 0 Å². The molecular formula is C12H18N8O3. The molecule has 0 saturated carbocycles. The zero-order valence-corrected chi connectivity index (χ0v) is 13.8. The highest BCUT2D eigenvalue weighted by molar-refractivity contribution is 5.34. The number of hydrogen-bond acceptors (Lipinski definition) is 10. The van der Waals surface area contributed by atoms with Crippen LogP contribution >= 0.6 is 0 Å². The Bertz CT molecular complexity index is 758. The summed E-state index contributed by atoms with van der Waals surface area (Å²) < 4.78 is 11.3. The minimum atomic E-state index is -0.626. The van der Waals surface area contributed by atoms with Gasteiger partial charge in [-0.15, -0.1) is 0 Å². The molecule has 0 amide bonds. The third-order valence-electron chi connectivity index (χ3n) is 2.73. The highest BCUT2D eigenvalue weighted by Crippen LogP contribution is 2.16. The van der Waals surface area contributed by atoms with Gasteiger partial charge in [0.2, 0.25) is 17.8 Å². The molecule has 2 rings (SSSR count). The van der Waals surface area contributed by atoms with Crippen LogP contribution in [0.25, 0.3) is 5.95 Å². The van der Waals surface area contributed by atoms with Gasteiger partial charge in [-0.2, -0.15) is 29.5 Å².